The highest BCUT2D eigenvalue weighted by Crippen LogP contribution is 2.23. The van der Waals surface area contributed by atoms with Crippen LogP contribution in [0, 0.1) is 0 Å². The van der Waals surface area contributed by atoms with Gasteiger partial charge in [0.15, 0.2) is 0 Å². The number of unbranched alkanes of at least 4 members (excludes halogenated alkanes) is 18. The smallest absolute Gasteiger partial charge is 0.124 e. The second-order valence-electron chi connectivity index (χ2n) is 12.6. The highest BCUT2D eigenvalue weighted by molar-refractivity contribution is 5.85. The summed E-state index contributed by atoms with van der Waals surface area (Å²) in [6.45, 7) is 6.83. The third-order valence-corrected chi connectivity index (χ3v) is 8.35. The zero-order valence-electron chi connectivity index (χ0n) is 29.2. The molecular formula is C40H64N2O4. The molecule has 0 aliphatic heterocycles. The minimum atomic E-state index is 0.179. The minimum Gasteiger partial charge on any atom is -0.507 e. The topological polar surface area (TPSA) is 83.6 Å². The molecule has 0 amide bonds. The standard InChI is InChI=1S/C40H64N2O4/c1-3-5-7-9-11-13-15-17-19-21-29-45-37-23-25-39(43)35(31-37)33-41-27-28-42-34-36-32-38(24-26-40(36)44)46-30-22-20-18-16-14-12-10-8-6-4-2/h23-26,31-34,43-44H,3-22,27-30H2,1-2H3. The maximum Gasteiger partial charge on any atom is 0.124 e. The Labute approximate surface area is 280 Å². The predicted molar refractivity (Wildman–Crippen MR) is 196 cm³/mol. The van der Waals surface area contributed by atoms with Gasteiger partial charge in [0.05, 0.1) is 26.3 Å². The van der Waals surface area contributed by atoms with Crippen LogP contribution in [0.5, 0.6) is 23.0 Å². The Balaban J connectivity index is 1.61. The first-order valence-electron chi connectivity index (χ1n) is 18.5. The molecule has 0 atom stereocenters. The Morgan fingerprint density at radius 2 is 0.804 bits per heavy atom. The van der Waals surface area contributed by atoms with Crippen molar-refractivity contribution in [1.82, 2.24) is 0 Å². The molecule has 2 N–H and O–H groups in total. The number of ether oxygens (including phenoxy) is 2. The molecule has 0 aliphatic carbocycles. The number of benzene rings is 2. The maximum atomic E-state index is 10.2. The highest BCUT2D eigenvalue weighted by atomic mass is 16.5. The van der Waals surface area contributed by atoms with Gasteiger partial charge in [0.2, 0.25) is 0 Å². The van der Waals surface area contributed by atoms with E-state index < -0.39 is 0 Å². The van der Waals surface area contributed by atoms with Crippen LogP contribution in [0.25, 0.3) is 0 Å². The number of aliphatic imine (C=N–C) groups is 2. The lowest BCUT2D eigenvalue weighted by Crippen LogP contribution is -1.98. The second kappa shape index (κ2) is 27.1. The first-order valence-corrected chi connectivity index (χ1v) is 18.5. The van der Waals surface area contributed by atoms with Crippen molar-refractivity contribution in [3.63, 3.8) is 0 Å². The summed E-state index contributed by atoms with van der Waals surface area (Å²) in [7, 11) is 0. The summed E-state index contributed by atoms with van der Waals surface area (Å²) in [5, 5.41) is 20.5. The van der Waals surface area contributed by atoms with E-state index in [0.717, 1.165) is 24.3 Å². The van der Waals surface area contributed by atoms with Crippen molar-refractivity contribution >= 4 is 12.4 Å². The van der Waals surface area contributed by atoms with Crippen LogP contribution in [-0.2, 0) is 0 Å². The molecule has 6 heteroatoms. The van der Waals surface area contributed by atoms with Crippen LogP contribution in [0.2, 0.25) is 0 Å². The van der Waals surface area contributed by atoms with E-state index in [0.29, 0.717) is 37.4 Å². The molecule has 0 saturated heterocycles. The summed E-state index contributed by atoms with van der Waals surface area (Å²) in [6.07, 6.45) is 29.3. The largest absolute Gasteiger partial charge is 0.507 e. The molecule has 6 nitrogen and oxygen atoms in total. The number of hydrogen-bond acceptors (Lipinski definition) is 6. The van der Waals surface area contributed by atoms with Gasteiger partial charge in [0.25, 0.3) is 0 Å². The molecule has 0 aromatic heterocycles. The van der Waals surface area contributed by atoms with Crippen LogP contribution >= 0.6 is 0 Å². The molecule has 0 spiro atoms. The molecule has 0 unspecified atom stereocenters. The summed E-state index contributed by atoms with van der Waals surface area (Å²) >= 11 is 0. The first kappa shape index (κ1) is 39.2. The summed E-state index contributed by atoms with van der Waals surface area (Å²) in [4.78, 5) is 8.86. The first-order chi connectivity index (χ1) is 22.6. The van der Waals surface area contributed by atoms with E-state index in [-0.39, 0.29) is 11.5 Å². The van der Waals surface area contributed by atoms with Crippen LogP contribution in [0.15, 0.2) is 46.4 Å². The van der Waals surface area contributed by atoms with E-state index >= 15 is 0 Å². The van der Waals surface area contributed by atoms with E-state index in [2.05, 4.69) is 23.8 Å². The Bertz CT molecular complexity index is 999. The zero-order chi connectivity index (χ0) is 32.9. The van der Waals surface area contributed by atoms with Crippen LogP contribution in [0.3, 0.4) is 0 Å². The summed E-state index contributed by atoms with van der Waals surface area (Å²) in [5.74, 6) is 1.86. The van der Waals surface area contributed by atoms with Crippen LogP contribution in [0.4, 0.5) is 0 Å². The van der Waals surface area contributed by atoms with E-state index in [1.807, 2.05) is 12.1 Å². The highest BCUT2D eigenvalue weighted by Gasteiger charge is 2.04. The number of phenolic OH excluding ortho intramolecular Hbond substituents is 2. The molecule has 2 aromatic rings. The van der Waals surface area contributed by atoms with Gasteiger partial charge >= 0.3 is 0 Å². The molecule has 258 valence electrons. The average molecular weight is 637 g/mol. The van der Waals surface area contributed by atoms with E-state index in [1.54, 1.807) is 36.7 Å². The lowest BCUT2D eigenvalue weighted by molar-refractivity contribution is 0.303. The summed E-state index contributed by atoms with van der Waals surface area (Å²) in [5.41, 5.74) is 1.27. The third kappa shape index (κ3) is 19.5. The molecule has 0 fully saturated rings. The van der Waals surface area contributed by atoms with Crippen molar-refractivity contribution in [3.8, 4) is 23.0 Å². The number of nitrogens with zero attached hydrogens (tertiary/aromatic N) is 2. The molecular weight excluding hydrogens is 572 g/mol. The summed E-state index contributed by atoms with van der Waals surface area (Å²) in [6, 6.07) is 10.6. The third-order valence-electron chi connectivity index (χ3n) is 8.35. The van der Waals surface area contributed by atoms with Gasteiger partial charge < -0.3 is 19.7 Å². The van der Waals surface area contributed by atoms with Crippen LogP contribution in [-0.4, -0.2) is 48.9 Å². The number of aromatic hydroxyl groups is 2. The van der Waals surface area contributed by atoms with Crippen molar-refractivity contribution in [3.05, 3.63) is 47.5 Å². The monoisotopic (exact) mass is 636 g/mol. The van der Waals surface area contributed by atoms with Gasteiger partial charge in [-0.25, -0.2) is 0 Å². The van der Waals surface area contributed by atoms with Crippen molar-refractivity contribution in [2.75, 3.05) is 26.3 Å². The molecule has 0 bridgehead atoms. The fourth-order valence-corrected chi connectivity index (χ4v) is 5.45. The normalized spacial score (nSPS) is 11.6. The minimum absolute atomic E-state index is 0.179. The lowest BCUT2D eigenvalue weighted by atomic mass is 10.1. The molecule has 0 radical (unpaired) electrons. The van der Waals surface area contributed by atoms with Crippen molar-refractivity contribution in [2.24, 2.45) is 9.98 Å². The van der Waals surface area contributed by atoms with Gasteiger partial charge in [0.1, 0.15) is 23.0 Å². The van der Waals surface area contributed by atoms with Gasteiger partial charge in [0, 0.05) is 23.6 Å². The van der Waals surface area contributed by atoms with Gasteiger partial charge in [-0.05, 0) is 49.2 Å². The quantitative estimate of drug-likeness (QED) is 0.0687. The van der Waals surface area contributed by atoms with Crippen LogP contribution in [0.1, 0.15) is 153 Å². The Hall–Kier alpha value is -3.02. The van der Waals surface area contributed by atoms with Gasteiger partial charge in [-0.2, -0.15) is 0 Å². The van der Waals surface area contributed by atoms with Gasteiger partial charge in [-0.1, -0.05) is 129 Å². The van der Waals surface area contributed by atoms with Crippen molar-refractivity contribution < 1.29 is 19.7 Å². The molecule has 0 aliphatic rings. The van der Waals surface area contributed by atoms with Crippen LogP contribution < -0.4 is 9.47 Å². The predicted octanol–water partition coefficient (Wildman–Crippen LogP) is 11.2. The van der Waals surface area contributed by atoms with E-state index in [1.165, 1.54) is 116 Å². The molecule has 0 heterocycles. The zero-order valence-corrected chi connectivity index (χ0v) is 29.2. The lowest BCUT2D eigenvalue weighted by Gasteiger charge is -2.08. The number of hydrogen-bond donors (Lipinski definition) is 2. The Kier molecular flexibility index (Phi) is 23.1. The average Bonchev–Trinajstić information content (AvgIpc) is 3.06. The number of phenols is 2. The van der Waals surface area contributed by atoms with Gasteiger partial charge in [-0.15, -0.1) is 0 Å². The Morgan fingerprint density at radius 3 is 1.15 bits per heavy atom. The van der Waals surface area contributed by atoms with Crippen molar-refractivity contribution in [1.29, 1.82) is 0 Å². The fraction of sp³-hybridized carbons (Fsp3) is 0.650. The second-order valence-corrected chi connectivity index (χ2v) is 12.6. The molecule has 0 saturated carbocycles. The molecule has 46 heavy (non-hydrogen) atoms. The molecule has 2 rings (SSSR count). The van der Waals surface area contributed by atoms with E-state index in [9.17, 15) is 10.2 Å². The SMILES string of the molecule is CCCCCCCCCCCCOc1ccc(O)c(C=NCCN=Cc2cc(OCCCCCCCCCCCC)ccc2O)c1. The molecule has 2 aromatic carbocycles. The van der Waals surface area contributed by atoms with E-state index in [4.69, 9.17) is 9.47 Å². The fourth-order valence-electron chi connectivity index (χ4n) is 5.45. The van der Waals surface area contributed by atoms with Crippen molar-refractivity contribution in [2.45, 2.75) is 142 Å². The Morgan fingerprint density at radius 1 is 0.478 bits per heavy atom. The van der Waals surface area contributed by atoms with Gasteiger partial charge in [-0.3, -0.25) is 9.98 Å². The maximum absolute atomic E-state index is 10.2. The number of rotatable bonds is 29. The summed E-state index contributed by atoms with van der Waals surface area (Å²) < 4.78 is 11.8.